The molecule has 0 spiro atoms. The van der Waals surface area contributed by atoms with Gasteiger partial charge in [0.25, 0.3) is 0 Å². The summed E-state index contributed by atoms with van der Waals surface area (Å²) in [6.45, 7) is 2.56. The van der Waals surface area contributed by atoms with Gasteiger partial charge in [-0.25, -0.2) is 0 Å². The highest BCUT2D eigenvalue weighted by Crippen LogP contribution is 2.57. The van der Waals surface area contributed by atoms with Crippen LogP contribution in [-0.4, -0.2) is 0 Å². The second kappa shape index (κ2) is 4.00. The van der Waals surface area contributed by atoms with Crippen molar-refractivity contribution >= 4 is 0 Å². The average molecular weight is 232 g/mol. The van der Waals surface area contributed by atoms with Crippen molar-refractivity contribution < 1.29 is 0 Å². The van der Waals surface area contributed by atoms with Crippen molar-refractivity contribution in [1.29, 1.82) is 0 Å². The maximum Gasteiger partial charge on any atom is -0.0352 e. The monoisotopic (exact) mass is 232 g/mol. The summed E-state index contributed by atoms with van der Waals surface area (Å²) in [5.74, 6) is 7.96. The van der Waals surface area contributed by atoms with Gasteiger partial charge in [-0.15, -0.1) is 0 Å². The molecular formula is C17H28. The van der Waals surface area contributed by atoms with Crippen LogP contribution in [0.2, 0.25) is 0 Å². The van der Waals surface area contributed by atoms with Crippen LogP contribution in [0.15, 0.2) is 0 Å². The minimum atomic E-state index is 1.06. The minimum absolute atomic E-state index is 1.06. The Kier molecular flexibility index (Phi) is 2.56. The zero-order chi connectivity index (χ0) is 11.4. The van der Waals surface area contributed by atoms with Gasteiger partial charge in [0, 0.05) is 0 Å². The van der Waals surface area contributed by atoms with E-state index in [-0.39, 0.29) is 0 Å². The largest absolute Gasteiger partial charge is 0.0622 e. The summed E-state index contributed by atoms with van der Waals surface area (Å²) >= 11 is 0. The van der Waals surface area contributed by atoms with E-state index in [1.54, 1.807) is 57.8 Å². The molecule has 96 valence electrons. The molecule has 4 aliphatic carbocycles. The normalized spacial score (nSPS) is 57.4. The van der Waals surface area contributed by atoms with Crippen LogP contribution in [0.3, 0.4) is 0 Å². The molecule has 0 saturated heterocycles. The third-order valence-corrected chi connectivity index (χ3v) is 7.08. The molecule has 0 aromatic rings. The van der Waals surface area contributed by atoms with Gasteiger partial charge in [0.15, 0.2) is 0 Å². The molecule has 4 fully saturated rings. The van der Waals surface area contributed by atoms with Crippen LogP contribution in [-0.2, 0) is 0 Å². The van der Waals surface area contributed by atoms with Gasteiger partial charge in [0.2, 0.25) is 0 Å². The van der Waals surface area contributed by atoms with Crippen LogP contribution in [0.1, 0.15) is 64.7 Å². The van der Waals surface area contributed by atoms with Crippen molar-refractivity contribution in [3.05, 3.63) is 0 Å². The van der Waals surface area contributed by atoms with Crippen LogP contribution in [0.25, 0.3) is 0 Å². The van der Waals surface area contributed by atoms with Gasteiger partial charge in [0.1, 0.15) is 0 Å². The van der Waals surface area contributed by atoms with Gasteiger partial charge in [-0.3, -0.25) is 0 Å². The molecule has 4 rings (SSSR count). The van der Waals surface area contributed by atoms with Gasteiger partial charge in [-0.05, 0) is 80.0 Å². The summed E-state index contributed by atoms with van der Waals surface area (Å²) in [5.41, 5.74) is 0. The van der Waals surface area contributed by atoms with Gasteiger partial charge < -0.3 is 0 Å². The van der Waals surface area contributed by atoms with Gasteiger partial charge >= 0.3 is 0 Å². The Morgan fingerprint density at radius 1 is 0.647 bits per heavy atom. The van der Waals surface area contributed by atoms with Crippen LogP contribution in [0.5, 0.6) is 0 Å². The Morgan fingerprint density at radius 2 is 1.35 bits per heavy atom. The van der Waals surface area contributed by atoms with E-state index in [0.29, 0.717) is 0 Å². The summed E-state index contributed by atoms with van der Waals surface area (Å²) < 4.78 is 0. The van der Waals surface area contributed by atoms with E-state index in [9.17, 15) is 0 Å². The molecule has 6 atom stereocenters. The SMILES string of the molecule is CC1CC(C2CC3CCC(C3)C2)C2CCCC12. The molecule has 0 aliphatic heterocycles. The highest BCUT2D eigenvalue weighted by molar-refractivity contribution is 4.98. The third kappa shape index (κ3) is 1.70. The highest BCUT2D eigenvalue weighted by atomic mass is 14.5. The lowest BCUT2D eigenvalue weighted by molar-refractivity contribution is 0.151. The van der Waals surface area contributed by atoms with E-state index in [4.69, 9.17) is 0 Å². The fraction of sp³-hybridized carbons (Fsp3) is 1.00. The summed E-state index contributed by atoms with van der Waals surface area (Å²) in [7, 11) is 0. The molecule has 0 radical (unpaired) electrons. The van der Waals surface area contributed by atoms with Crippen molar-refractivity contribution in [3.63, 3.8) is 0 Å². The smallest absolute Gasteiger partial charge is 0.0352 e. The number of rotatable bonds is 1. The van der Waals surface area contributed by atoms with E-state index in [1.807, 2.05) is 0 Å². The van der Waals surface area contributed by atoms with Crippen molar-refractivity contribution in [2.75, 3.05) is 0 Å². The number of hydrogen-bond acceptors (Lipinski definition) is 0. The standard InChI is InChI=1S/C17H28/c1-11-7-17(16-4-2-3-15(11)16)14-9-12-5-6-13(8-12)10-14/h11-17H,2-10H2,1H3. The second-order valence-electron chi connectivity index (χ2n) is 7.91. The Labute approximate surface area is 107 Å². The van der Waals surface area contributed by atoms with E-state index >= 15 is 0 Å². The summed E-state index contributed by atoms with van der Waals surface area (Å²) in [4.78, 5) is 0. The van der Waals surface area contributed by atoms with Crippen LogP contribution < -0.4 is 0 Å². The Morgan fingerprint density at radius 3 is 2.12 bits per heavy atom. The van der Waals surface area contributed by atoms with Crippen LogP contribution in [0, 0.1) is 41.4 Å². The minimum Gasteiger partial charge on any atom is -0.0622 e. The second-order valence-corrected chi connectivity index (χ2v) is 7.91. The van der Waals surface area contributed by atoms with E-state index in [1.165, 1.54) is 0 Å². The molecule has 0 heterocycles. The Bertz CT molecular complexity index is 282. The van der Waals surface area contributed by atoms with E-state index in [2.05, 4.69) is 6.92 Å². The summed E-state index contributed by atoms with van der Waals surface area (Å²) in [6, 6.07) is 0. The van der Waals surface area contributed by atoms with Crippen molar-refractivity contribution in [3.8, 4) is 0 Å². The van der Waals surface area contributed by atoms with E-state index < -0.39 is 0 Å². The molecule has 6 unspecified atom stereocenters. The first-order valence-electron chi connectivity index (χ1n) is 8.31. The predicted octanol–water partition coefficient (Wildman–Crippen LogP) is 4.89. The molecule has 0 aromatic heterocycles. The zero-order valence-corrected chi connectivity index (χ0v) is 11.4. The van der Waals surface area contributed by atoms with Crippen molar-refractivity contribution in [2.45, 2.75) is 64.7 Å². The van der Waals surface area contributed by atoms with Crippen molar-refractivity contribution in [1.82, 2.24) is 0 Å². The predicted molar refractivity (Wildman–Crippen MR) is 71.7 cm³/mol. The van der Waals surface area contributed by atoms with Crippen LogP contribution in [0.4, 0.5) is 0 Å². The number of hydrogen-bond donors (Lipinski definition) is 0. The molecule has 0 aromatic carbocycles. The number of fused-ring (bicyclic) bond motifs is 3. The molecule has 0 nitrogen and oxygen atoms in total. The average Bonchev–Trinajstić information content (AvgIpc) is 2.98. The quantitative estimate of drug-likeness (QED) is 0.604. The van der Waals surface area contributed by atoms with Gasteiger partial charge in [-0.1, -0.05) is 26.2 Å². The first-order chi connectivity index (χ1) is 8.31. The first-order valence-corrected chi connectivity index (χ1v) is 8.31. The molecular weight excluding hydrogens is 204 g/mol. The van der Waals surface area contributed by atoms with Crippen LogP contribution >= 0.6 is 0 Å². The maximum atomic E-state index is 2.56. The van der Waals surface area contributed by atoms with Crippen molar-refractivity contribution in [2.24, 2.45) is 41.4 Å². The maximum absolute atomic E-state index is 2.56. The fourth-order valence-corrected chi connectivity index (χ4v) is 6.49. The highest BCUT2D eigenvalue weighted by Gasteiger charge is 2.48. The van der Waals surface area contributed by atoms with E-state index in [0.717, 1.165) is 41.4 Å². The summed E-state index contributed by atoms with van der Waals surface area (Å²) in [5, 5.41) is 0. The van der Waals surface area contributed by atoms with Gasteiger partial charge in [-0.2, -0.15) is 0 Å². The third-order valence-electron chi connectivity index (χ3n) is 7.08. The summed E-state index contributed by atoms with van der Waals surface area (Å²) in [6.07, 6.45) is 14.3. The lowest BCUT2D eigenvalue weighted by atomic mass is 9.71. The molecule has 0 amide bonds. The lowest BCUT2D eigenvalue weighted by Gasteiger charge is -2.35. The zero-order valence-electron chi connectivity index (χ0n) is 11.4. The van der Waals surface area contributed by atoms with Gasteiger partial charge in [0.05, 0.1) is 0 Å². The molecule has 4 aliphatic rings. The fourth-order valence-electron chi connectivity index (χ4n) is 6.49. The molecule has 17 heavy (non-hydrogen) atoms. The topological polar surface area (TPSA) is 0 Å². The molecule has 0 heteroatoms. The lowest BCUT2D eigenvalue weighted by Crippen LogP contribution is -2.26. The Hall–Kier alpha value is 0. The molecule has 0 N–H and O–H groups in total. The first kappa shape index (κ1) is 10.9. The Balaban J connectivity index is 1.51. The molecule has 4 saturated carbocycles. The molecule has 2 bridgehead atoms.